The summed E-state index contributed by atoms with van der Waals surface area (Å²) < 4.78 is 11.0. The van der Waals surface area contributed by atoms with E-state index >= 15 is 0 Å². The molecule has 0 saturated carbocycles. The van der Waals surface area contributed by atoms with Gasteiger partial charge >= 0.3 is 0 Å². The number of aliphatic hydroxyl groups excluding tert-OH is 1. The van der Waals surface area contributed by atoms with Gasteiger partial charge in [0.15, 0.2) is 0 Å². The van der Waals surface area contributed by atoms with Gasteiger partial charge in [0.25, 0.3) is 0 Å². The Morgan fingerprint density at radius 1 is 1.54 bits per heavy atom. The summed E-state index contributed by atoms with van der Waals surface area (Å²) >= 11 is 0. The molecule has 0 spiro atoms. The van der Waals surface area contributed by atoms with Crippen LogP contribution < -0.4 is 0 Å². The highest BCUT2D eigenvalue weighted by molar-refractivity contribution is 4.92. The predicted octanol–water partition coefficient (Wildman–Crippen LogP) is 0.973. The molecule has 0 aromatic rings. The van der Waals surface area contributed by atoms with Crippen molar-refractivity contribution in [3.8, 4) is 0 Å². The van der Waals surface area contributed by atoms with Crippen LogP contribution in [0.2, 0.25) is 0 Å². The summed E-state index contributed by atoms with van der Waals surface area (Å²) in [7, 11) is 1.68. The van der Waals surface area contributed by atoms with Gasteiger partial charge in [-0.2, -0.15) is 0 Å². The molecular formula is C10H18O3. The van der Waals surface area contributed by atoms with Crippen LogP contribution in [0.1, 0.15) is 13.3 Å². The molecule has 1 N–H and O–H groups in total. The van der Waals surface area contributed by atoms with Crippen molar-refractivity contribution in [1.29, 1.82) is 0 Å². The van der Waals surface area contributed by atoms with Crippen LogP contribution in [0.3, 0.4) is 0 Å². The molecule has 4 atom stereocenters. The maximum Gasteiger partial charge on any atom is 0.0887 e. The van der Waals surface area contributed by atoms with E-state index in [-0.39, 0.29) is 30.8 Å². The fourth-order valence-electron chi connectivity index (χ4n) is 1.91. The van der Waals surface area contributed by atoms with Gasteiger partial charge in [-0.1, -0.05) is 13.0 Å². The molecule has 1 aliphatic rings. The summed E-state index contributed by atoms with van der Waals surface area (Å²) in [5.74, 6) is 0.250. The molecule has 0 aromatic heterocycles. The maximum absolute atomic E-state index is 9.03. The predicted molar refractivity (Wildman–Crippen MR) is 50.5 cm³/mol. The summed E-state index contributed by atoms with van der Waals surface area (Å²) in [6, 6.07) is 0. The van der Waals surface area contributed by atoms with E-state index in [0.29, 0.717) is 0 Å². The third-order valence-electron chi connectivity index (χ3n) is 2.67. The van der Waals surface area contributed by atoms with Crippen LogP contribution in [-0.4, -0.2) is 37.1 Å². The minimum atomic E-state index is -0.0881. The van der Waals surface area contributed by atoms with E-state index in [0.717, 1.165) is 6.42 Å². The van der Waals surface area contributed by atoms with Gasteiger partial charge in [-0.3, -0.25) is 0 Å². The quantitative estimate of drug-likeness (QED) is 0.665. The number of rotatable bonds is 4. The minimum absolute atomic E-state index is 0.0506. The second kappa shape index (κ2) is 4.74. The summed E-state index contributed by atoms with van der Waals surface area (Å²) in [5, 5.41) is 9.03. The van der Waals surface area contributed by atoms with E-state index in [2.05, 4.69) is 6.58 Å². The topological polar surface area (TPSA) is 38.7 Å². The Kier molecular flexibility index (Phi) is 3.90. The van der Waals surface area contributed by atoms with Crippen molar-refractivity contribution in [2.75, 3.05) is 13.7 Å². The highest BCUT2D eigenvalue weighted by Crippen LogP contribution is 2.30. The first-order valence-corrected chi connectivity index (χ1v) is 4.64. The lowest BCUT2D eigenvalue weighted by molar-refractivity contribution is -0.0175. The highest BCUT2D eigenvalue weighted by atomic mass is 16.6. The molecular weight excluding hydrogens is 168 g/mol. The van der Waals surface area contributed by atoms with Crippen molar-refractivity contribution in [2.45, 2.75) is 31.7 Å². The standard InChI is InChI=1S/C10H18O3/c1-4-5-8-10(12-3)7(2)9(6-11)13-8/h4,7-11H,1,5-6H2,2-3H3. The van der Waals surface area contributed by atoms with E-state index in [1.54, 1.807) is 7.11 Å². The minimum Gasteiger partial charge on any atom is -0.394 e. The Morgan fingerprint density at radius 3 is 2.69 bits per heavy atom. The number of aliphatic hydroxyl groups is 1. The van der Waals surface area contributed by atoms with Crippen molar-refractivity contribution >= 4 is 0 Å². The van der Waals surface area contributed by atoms with E-state index in [1.807, 2.05) is 13.0 Å². The zero-order valence-corrected chi connectivity index (χ0v) is 8.27. The van der Waals surface area contributed by atoms with Gasteiger partial charge in [0, 0.05) is 13.0 Å². The number of methoxy groups -OCH3 is 1. The smallest absolute Gasteiger partial charge is 0.0887 e. The number of ether oxygens (including phenoxy) is 2. The third-order valence-corrected chi connectivity index (χ3v) is 2.67. The van der Waals surface area contributed by atoms with Gasteiger partial charge in [0.1, 0.15) is 0 Å². The van der Waals surface area contributed by atoms with Gasteiger partial charge in [-0.15, -0.1) is 6.58 Å². The van der Waals surface area contributed by atoms with Crippen molar-refractivity contribution < 1.29 is 14.6 Å². The van der Waals surface area contributed by atoms with Gasteiger partial charge in [-0.05, 0) is 6.42 Å². The zero-order valence-electron chi connectivity index (χ0n) is 8.27. The third kappa shape index (κ3) is 2.10. The second-order valence-electron chi connectivity index (χ2n) is 3.48. The summed E-state index contributed by atoms with van der Waals surface area (Å²) in [5.41, 5.74) is 0. The van der Waals surface area contributed by atoms with Crippen molar-refractivity contribution in [2.24, 2.45) is 5.92 Å². The van der Waals surface area contributed by atoms with Gasteiger partial charge in [0.05, 0.1) is 24.9 Å². The molecule has 0 aromatic carbocycles. The first-order chi connectivity index (χ1) is 6.24. The molecule has 0 radical (unpaired) electrons. The van der Waals surface area contributed by atoms with E-state index < -0.39 is 0 Å². The van der Waals surface area contributed by atoms with Gasteiger partial charge in [-0.25, -0.2) is 0 Å². The average Bonchev–Trinajstić information content (AvgIpc) is 2.43. The Bertz CT molecular complexity index is 170. The van der Waals surface area contributed by atoms with Crippen LogP contribution in [0, 0.1) is 5.92 Å². The van der Waals surface area contributed by atoms with Crippen molar-refractivity contribution in [3.05, 3.63) is 12.7 Å². The van der Waals surface area contributed by atoms with Crippen LogP contribution in [0.15, 0.2) is 12.7 Å². The van der Waals surface area contributed by atoms with Crippen molar-refractivity contribution in [3.63, 3.8) is 0 Å². The molecule has 4 unspecified atom stereocenters. The molecule has 3 heteroatoms. The number of hydrogen-bond acceptors (Lipinski definition) is 3. The highest BCUT2D eigenvalue weighted by Gasteiger charge is 2.40. The zero-order chi connectivity index (χ0) is 9.84. The molecule has 3 nitrogen and oxygen atoms in total. The molecule has 1 heterocycles. The molecule has 1 fully saturated rings. The Morgan fingerprint density at radius 2 is 2.23 bits per heavy atom. The maximum atomic E-state index is 9.03. The summed E-state index contributed by atoms with van der Waals surface area (Å²) in [6.07, 6.45) is 2.64. The van der Waals surface area contributed by atoms with E-state index in [9.17, 15) is 0 Å². The molecule has 0 bridgehead atoms. The molecule has 13 heavy (non-hydrogen) atoms. The van der Waals surface area contributed by atoms with E-state index in [1.165, 1.54) is 0 Å². The SMILES string of the molecule is C=CCC1OC(CO)C(C)C1OC. The second-order valence-corrected chi connectivity index (χ2v) is 3.48. The lowest BCUT2D eigenvalue weighted by Crippen LogP contribution is -2.28. The van der Waals surface area contributed by atoms with Crippen LogP contribution >= 0.6 is 0 Å². The monoisotopic (exact) mass is 186 g/mol. The molecule has 76 valence electrons. The van der Waals surface area contributed by atoms with E-state index in [4.69, 9.17) is 14.6 Å². The Labute approximate surface area is 79.3 Å². The van der Waals surface area contributed by atoms with Crippen LogP contribution in [0.4, 0.5) is 0 Å². The van der Waals surface area contributed by atoms with Crippen molar-refractivity contribution in [1.82, 2.24) is 0 Å². The first kappa shape index (κ1) is 10.7. The summed E-state index contributed by atoms with van der Waals surface area (Å²) in [4.78, 5) is 0. The van der Waals surface area contributed by atoms with Crippen LogP contribution in [0.5, 0.6) is 0 Å². The van der Waals surface area contributed by atoms with Crippen LogP contribution in [-0.2, 0) is 9.47 Å². The molecule has 0 amide bonds. The van der Waals surface area contributed by atoms with Gasteiger partial charge in [0.2, 0.25) is 0 Å². The number of hydrogen-bond donors (Lipinski definition) is 1. The molecule has 1 saturated heterocycles. The Hall–Kier alpha value is -0.380. The largest absolute Gasteiger partial charge is 0.394 e. The fourth-order valence-corrected chi connectivity index (χ4v) is 1.91. The molecule has 1 rings (SSSR count). The molecule has 0 aliphatic carbocycles. The summed E-state index contributed by atoms with van der Waals surface area (Å²) in [6.45, 7) is 5.77. The normalized spacial score (nSPS) is 39.3. The lowest BCUT2D eigenvalue weighted by atomic mass is 9.97. The van der Waals surface area contributed by atoms with Gasteiger partial charge < -0.3 is 14.6 Å². The Balaban J connectivity index is 2.60. The first-order valence-electron chi connectivity index (χ1n) is 4.64. The average molecular weight is 186 g/mol. The fraction of sp³-hybridized carbons (Fsp3) is 0.800. The molecule has 1 aliphatic heterocycles. The van der Waals surface area contributed by atoms with Crippen LogP contribution in [0.25, 0.3) is 0 Å². The lowest BCUT2D eigenvalue weighted by Gasteiger charge is -2.17.